The van der Waals surface area contributed by atoms with Gasteiger partial charge in [-0.3, -0.25) is 0 Å². The van der Waals surface area contributed by atoms with Crippen molar-refractivity contribution in [1.29, 1.82) is 0 Å². The van der Waals surface area contributed by atoms with Crippen molar-refractivity contribution in [1.82, 2.24) is 0 Å². The van der Waals surface area contributed by atoms with Crippen LogP contribution in [0.2, 0.25) is 0 Å². The third-order valence-corrected chi connectivity index (χ3v) is 3.42. The number of hydrogen-bond donors (Lipinski definition) is 0. The summed E-state index contributed by atoms with van der Waals surface area (Å²) in [4.78, 5) is 23.4. The molecule has 0 saturated heterocycles. The Hall–Kier alpha value is -3.02. The maximum atomic E-state index is 12.2. The minimum atomic E-state index is -0.588. The largest absolute Gasteiger partial charge is 0.463 e. The smallest absolute Gasteiger partial charge is 0.375 e. The number of fused-ring (bicyclic) bond motifs is 1. The number of carbonyl (C=O) groups excluding carboxylic acids is 2. The molecule has 0 aliphatic carbocycles. The zero-order valence-electron chi connectivity index (χ0n) is 12.6. The van der Waals surface area contributed by atoms with Gasteiger partial charge in [-0.1, -0.05) is 18.2 Å². The lowest BCUT2D eigenvalue weighted by atomic mass is 10.1. The normalized spacial score (nSPS) is 10.7. The van der Waals surface area contributed by atoms with Crippen LogP contribution in [0.4, 0.5) is 0 Å². The molecule has 23 heavy (non-hydrogen) atoms. The van der Waals surface area contributed by atoms with Gasteiger partial charge < -0.3 is 18.3 Å². The number of ether oxygens (including phenoxy) is 2. The zero-order valence-corrected chi connectivity index (χ0v) is 12.6. The number of methoxy groups -OCH3 is 1. The number of esters is 2. The first-order valence-electron chi connectivity index (χ1n) is 6.92. The van der Waals surface area contributed by atoms with E-state index in [0.29, 0.717) is 11.3 Å². The second kappa shape index (κ2) is 6.00. The fourth-order valence-corrected chi connectivity index (χ4v) is 2.24. The lowest BCUT2D eigenvalue weighted by Crippen LogP contribution is -2.05. The highest BCUT2D eigenvalue weighted by molar-refractivity contribution is 5.95. The summed E-state index contributed by atoms with van der Waals surface area (Å²) in [5.41, 5.74) is 1.35. The number of aryl methyl sites for hydroxylation is 1. The molecule has 0 fully saturated rings. The van der Waals surface area contributed by atoms with E-state index >= 15 is 0 Å². The molecular formula is C17H14O6. The number of benzene rings is 1. The van der Waals surface area contributed by atoms with Gasteiger partial charge in [0, 0.05) is 10.9 Å². The van der Waals surface area contributed by atoms with E-state index in [9.17, 15) is 9.59 Å². The quantitative estimate of drug-likeness (QED) is 0.686. The van der Waals surface area contributed by atoms with Crippen molar-refractivity contribution in [3.8, 4) is 0 Å². The highest BCUT2D eigenvalue weighted by Gasteiger charge is 2.19. The summed E-state index contributed by atoms with van der Waals surface area (Å²) in [7, 11) is 1.26. The fraction of sp³-hybridized carbons (Fsp3) is 0.176. The molecule has 0 amide bonds. The molecule has 0 aliphatic rings. The van der Waals surface area contributed by atoms with Gasteiger partial charge in [0.1, 0.15) is 18.0 Å². The molecule has 6 nitrogen and oxygen atoms in total. The zero-order chi connectivity index (χ0) is 16.4. The molecular weight excluding hydrogens is 300 g/mol. The van der Waals surface area contributed by atoms with Crippen molar-refractivity contribution in [3.05, 3.63) is 59.2 Å². The lowest BCUT2D eigenvalue weighted by Gasteiger charge is -2.01. The van der Waals surface area contributed by atoms with Crippen LogP contribution in [0.3, 0.4) is 0 Å². The topological polar surface area (TPSA) is 78.9 Å². The van der Waals surface area contributed by atoms with Crippen molar-refractivity contribution in [2.75, 3.05) is 7.11 Å². The minimum absolute atomic E-state index is 0.0541. The molecule has 6 heteroatoms. The summed E-state index contributed by atoms with van der Waals surface area (Å²) in [6.45, 7) is 1.69. The lowest BCUT2D eigenvalue weighted by molar-refractivity contribution is 0.0405. The van der Waals surface area contributed by atoms with Gasteiger partial charge in [-0.05, 0) is 25.1 Å². The van der Waals surface area contributed by atoms with E-state index in [1.807, 2.05) is 18.2 Å². The van der Waals surface area contributed by atoms with Crippen molar-refractivity contribution >= 4 is 22.9 Å². The van der Waals surface area contributed by atoms with Crippen molar-refractivity contribution in [3.63, 3.8) is 0 Å². The Morgan fingerprint density at radius 1 is 1.04 bits per heavy atom. The Kier molecular flexibility index (Phi) is 3.89. The maximum absolute atomic E-state index is 12.2. The minimum Gasteiger partial charge on any atom is -0.463 e. The third kappa shape index (κ3) is 2.83. The van der Waals surface area contributed by atoms with E-state index in [4.69, 9.17) is 13.6 Å². The third-order valence-electron chi connectivity index (χ3n) is 3.42. The summed E-state index contributed by atoms with van der Waals surface area (Å²) in [6.07, 6.45) is 0. The standard InChI is InChI=1S/C17H14O6/c1-10-12-5-3-4-6-13(12)23-15(10)17(19)21-9-11-7-8-14(22-11)16(18)20-2/h3-8H,9H2,1-2H3. The first-order chi connectivity index (χ1) is 11.1. The highest BCUT2D eigenvalue weighted by atomic mass is 16.6. The van der Waals surface area contributed by atoms with Gasteiger partial charge in [0.2, 0.25) is 11.5 Å². The van der Waals surface area contributed by atoms with Crippen LogP contribution in [-0.2, 0) is 16.1 Å². The van der Waals surface area contributed by atoms with Crippen LogP contribution in [0, 0.1) is 6.92 Å². The first-order valence-corrected chi connectivity index (χ1v) is 6.92. The van der Waals surface area contributed by atoms with Crippen molar-refractivity contribution in [2.24, 2.45) is 0 Å². The van der Waals surface area contributed by atoms with Gasteiger partial charge in [0.15, 0.2) is 0 Å². The number of furan rings is 2. The van der Waals surface area contributed by atoms with Gasteiger partial charge >= 0.3 is 11.9 Å². The predicted octanol–water partition coefficient (Wildman–Crippen LogP) is 3.48. The van der Waals surface area contributed by atoms with Crippen LogP contribution in [0.5, 0.6) is 0 Å². The van der Waals surface area contributed by atoms with E-state index in [2.05, 4.69) is 4.74 Å². The fourth-order valence-electron chi connectivity index (χ4n) is 2.24. The van der Waals surface area contributed by atoms with Gasteiger partial charge in [-0.25, -0.2) is 9.59 Å². The molecule has 0 unspecified atom stereocenters. The van der Waals surface area contributed by atoms with Crippen LogP contribution in [0.1, 0.15) is 32.4 Å². The number of hydrogen-bond acceptors (Lipinski definition) is 6. The van der Waals surface area contributed by atoms with Gasteiger partial charge in [-0.2, -0.15) is 0 Å². The monoisotopic (exact) mass is 314 g/mol. The van der Waals surface area contributed by atoms with E-state index in [1.54, 1.807) is 19.1 Å². The molecule has 0 aliphatic heterocycles. The molecule has 0 N–H and O–H groups in total. The second-order valence-corrected chi connectivity index (χ2v) is 4.89. The molecule has 0 spiro atoms. The second-order valence-electron chi connectivity index (χ2n) is 4.89. The van der Waals surface area contributed by atoms with Crippen LogP contribution in [0.15, 0.2) is 45.2 Å². The molecule has 2 heterocycles. The summed E-state index contributed by atoms with van der Waals surface area (Å²) < 4.78 is 20.5. The first kappa shape index (κ1) is 14.9. The predicted molar refractivity (Wildman–Crippen MR) is 80.1 cm³/mol. The van der Waals surface area contributed by atoms with Crippen LogP contribution in [0.25, 0.3) is 11.0 Å². The van der Waals surface area contributed by atoms with Crippen LogP contribution < -0.4 is 0 Å². The summed E-state index contributed by atoms with van der Waals surface area (Å²) in [5, 5.41) is 0.866. The van der Waals surface area contributed by atoms with Crippen LogP contribution in [-0.4, -0.2) is 19.0 Å². The maximum Gasteiger partial charge on any atom is 0.375 e. The molecule has 0 saturated carbocycles. The van der Waals surface area contributed by atoms with Crippen molar-refractivity contribution in [2.45, 2.75) is 13.5 Å². The molecule has 3 rings (SSSR count). The van der Waals surface area contributed by atoms with Gasteiger partial charge in [0.25, 0.3) is 0 Å². The Labute approximate surface area is 131 Å². The van der Waals surface area contributed by atoms with E-state index in [-0.39, 0.29) is 18.1 Å². The summed E-state index contributed by atoms with van der Waals surface area (Å²) in [6, 6.07) is 10.4. The molecule has 0 radical (unpaired) electrons. The number of carbonyl (C=O) groups is 2. The SMILES string of the molecule is COC(=O)c1ccc(COC(=O)c2oc3ccccc3c2C)o1. The molecule has 0 atom stereocenters. The molecule has 118 valence electrons. The summed E-state index contributed by atoms with van der Waals surface area (Å²) >= 11 is 0. The number of rotatable bonds is 4. The van der Waals surface area contributed by atoms with E-state index in [0.717, 1.165) is 10.9 Å². The number of para-hydroxylation sites is 1. The Balaban J connectivity index is 1.72. The molecule has 0 bridgehead atoms. The Morgan fingerprint density at radius 2 is 1.83 bits per heavy atom. The molecule has 2 aromatic heterocycles. The van der Waals surface area contributed by atoms with Crippen LogP contribution >= 0.6 is 0 Å². The Morgan fingerprint density at radius 3 is 2.57 bits per heavy atom. The molecule has 1 aromatic carbocycles. The summed E-state index contributed by atoms with van der Waals surface area (Å²) in [5.74, 6) is -0.623. The van der Waals surface area contributed by atoms with Crippen molar-refractivity contribution < 1.29 is 27.9 Å². The van der Waals surface area contributed by atoms with E-state index < -0.39 is 11.9 Å². The Bertz CT molecular complexity index is 870. The average molecular weight is 314 g/mol. The highest BCUT2D eigenvalue weighted by Crippen LogP contribution is 2.25. The van der Waals surface area contributed by atoms with Gasteiger partial charge in [0.05, 0.1) is 7.11 Å². The molecule has 3 aromatic rings. The van der Waals surface area contributed by atoms with E-state index in [1.165, 1.54) is 13.2 Å². The average Bonchev–Trinajstić information content (AvgIpc) is 3.17. The van der Waals surface area contributed by atoms with Gasteiger partial charge in [-0.15, -0.1) is 0 Å².